The fourth-order valence-electron chi connectivity index (χ4n) is 1.71. The summed E-state index contributed by atoms with van der Waals surface area (Å²) < 4.78 is 5.30. The predicted molar refractivity (Wildman–Crippen MR) is 84.2 cm³/mol. The molecule has 0 unspecified atom stereocenters. The minimum atomic E-state index is -0.442. The molecule has 1 amide bonds. The summed E-state index contributed by atoms with van der Waals surface area (Å²) >= 11 is 0. The van der Waals surface area contributed by atoms with Crippen molar-refractivity contribution >= 4 is 6.09 Å². The van der Waals surface area contributed by atoms with E-state index in [9.17, 15) is 4.79 Å². The number of hydrogen-bond donors (Lipinski definition) is 1. The minimum absolute atomic E-state index is 0.273. The second kappa shape index (κ2) is 7.98. The Labute approximate surface area is 127 Å². The van der Waals surface area contributed by atoms with Crippen LogP contribution >= 0.6 is 0 Å². The van der Waals surface area contributed by atoms with Gasteiger partial charge in [-0.1, -0.05) is 6.07 Å². The molecule has 1 aromatic heterocycles. The second-order valence-corrected chi connectivity index (χ2v) is 6.24. The molecule has 118 valence electrons. The molecular weight excluding hydrogens is 266 g/mol. The number of amides is 1. The summed E-state index contributed by atoms with van der Waals surface area (Å²) in [6.07, 6.45) is 2.50. The first kappa shape index (κ1) is 17.4. The topological polar surface area (TPSA) is 54.5 Å². The number of hydrogen-bond acceptors (Lipinski definition) is 4. The Bertz CT molecular complexity index is 438. The van der Waals surface area contributed by atoms with E-state index in [4.69, 9.17) is 4.74 Å². The maximum atomic E-state index is 11.8. The number of nitrogens with zero attached hydrogens (tertiary/aromatic N) is 2. The quantitative estimate of drug-likeness (QED) is 0.819. The van der Waals surface area contributed by atoms with Gasteiger partial charge >= 0.3 is 6.09 Å². The highest BCUT2D eigenvalue weighted by atomic mass is 16.6. The molecule has 0 aliphatic carbocycles. The molecule has 0 saturated heterocycles. The van der Waals surface area contributed by atoms with Crippen molar-refractivity contribution in [3.05, 3.63) is 29.6 Å². The van der Waals surface area contributed by atoms with Gasteiger partial charge in [-0.05, 0) is 52.3 Å². The van der Waals surface area contributed by atoms with Gasteiger partial charge in [0.25, 0.3) is 0 Å². The van der Waals surface area contributed by atoms with Gasteiger partial charge in [-0.3, -0.25) is 4.98 Å². The average molecular weight is 293 g/mol. The van der Waals surface area contributed by atoms with E-state index >= 15 is 0 Å². The molecule has 0 spiro atoms. The Morgan fingerprint density at radius 2 is 2.10 bits per heavy atom. The van der Waals surface area contributed by atoms with Crippen molar-refractivity contribution in [2.75, 3.05) is 20.1 Å². The molecule has 5 nitrogen and oxygen atoms in total. The molecule has 0 aromatic carbocycles. The van der Waals surface area contributed by atoms with Crippen molar-refractivity contribution in [1.29, 1.82) is 0 Å². The van der Waals surface area contributed by atoms with Crippen LogP contribution in [0.2, 0.25) is 0 Å². The Balaban J connectivity index is 2.16. The van der Waals surface area contributed by atoms with Gasteiger partial charge in [0.05, 0.1) is 0 Å². The third-order valence-electron chi connectivity index (χ3n) is 2.85. The molecule has 1 rings (SSSR count). The van der Waals surface area contributed by atoms with Crippen LogP contribution < -0.4 is 5.32 Å². The van der Waals surface area contributed by atoms with Gasteiger partial charge in [0.1, 0.15) is 5.60 Å². The normalized spacial score (nSPS) is 11.3. The van der Waals surface area contributed by atoms with Crippen LogP contribution in [0, 0.1) is 6.92 Å². The predicted octanol–water partition coefficient (Wildman–Crippen LogP) is 2.74. The number of nitrogens with one attached hydrogen (secondary N) is 1. The van der Waals surface area contributed by atoms with Gasteiger partial charge < -0.3 is 15.0 Å². The van der Waals surface area contributed by atoms with Crippen LogP contribution in [0.3, 0.4) is 0 Å². The van der Waals surface area contributed by atoms with E-state index in [1.54, 1.807) is 11.9 Å². The number of ether oxygens (including phenoxy) is 1. The lowest BCUT2D eigenvalue weighted by atomic mass is 10.2. The molecule has 5 heteroatoms. The molecule has 1 aromatic rings. The molecule has 1 N–H and O–H groups in total. The number of aryl methyl sites for hydroxylation is 1. The SMILES string of the molecule is Cc1ccc(CNCCCN(C)C(=O)OC(C)(C)C)cn1. The summed E-state index contributed by atoms with van der Waals surface area (Å²) in [6, 6.07) is 4.08. The zero-order valence-corrected chi connectivity index (χ0v) is 13.8. The molecule has 0 atom stereocenters. The van der Waals surface area contributed by atoms with E-state index < -0.39 is 5.60 Å². The first-order valence-electron chi connectivity index (χ1n) is 7.34. The van der Waals surface area contributed by atoms with Crippen LogP contribution in [0.15, 0.2) is 18.3 Å². The highest BCUT2D eigenvalue weighted by Crippen LogP contribution is 2.09. The highest BCUT2D eigenvalue weighted by Gasteiger charge is 2.18. The van der Waals surface area contributed by atoms with Crippen molar-refractivity contribution in [3.63, 3.8) is 0 Å². The lowest BCUT2D eigenvalue weighted by Crippen LogP contribution is -2.35. The third-order valence-corrected chi connectivity index (χ3v) is 2.85. The van der Waals surface area contributed by atoms with Crippen LogP contribution in [0.5, 0.6) is 0 Å². The molecule has 0 fully saturated rings. The number of carbonyl (C=O) groups is 1. The van der Waals surface area contributed by atoms with Gasteiger partial charge in [0.2, 0.25) is 0 Å². The van der Waals surface area contributed by atoms with E-state index in [1.807, 2.05) is 40.0 Å². The fraction of sp³-hybridized carbons (Fsp3) is 0.625. The number of rotatable bonds is 6. The molecule has 1 heterocycles. The standard InChI is InChI=1S/C16H27N3O2/c1-13-7-8-14(12-18-13)11-17-9-6-10-19(5)15(20)21-16(2,3)4/h7-8,12,17H,6,9-11H2,1-5H3. The number of carbonyl (C=O) groups excluding carboxylic acids is 1. The maximum Gasteiger partial charge on any atom is 0.410 e. The molecule has 0 radical (unpaired) electrons. The van der Waals surface area contributed by atoms with E-state index in [-0.39, 0.29) is 6.09 Å². The maximum absolute atomic E-state index is 11.8. The van der Waals surface area contributed by atoms with Crippen molar-refractivity contribution < 1.29 is 9.53 Å². The van der Waals surface area contributed by atoms with Gasteiger partial charge in [-0.25, -0.2) is 4.79 Å². The van der Waals surface area contributed by atoms with Gasteiger partial charge in [-0.2, -0.15) is 0 Å². The lowest BCUT2D eigenvalue weighted by molar-refractivity contribution is 0.0297. The van der Waals surface area contributed by atoms with E-state index in [2.05, 4.69) is 16.4 Å². The van der Waals surface area contributed by atoms with Crippen LogP contribution in [0.1, 0.15) is 38.4 Å². The Hall–Kier alpha value is -1.62. The lowest BCUT2D eigenvalue weighted by Gasteiger charge is -2.24. The van der Waals surface area contributed by atoms with E-state index in [0.29, 0.717) is 6.54 Å². The van der Waals surface area contributed by atoms with Crippen molar-refractivity contribution in [3.8, 4) is 0 Å². The smallest absolute Gasteiger partial charge is 0.410 e. The monoisotopic (exact) mass is 293 g/mol. The summed E-state index contributed by atoms with van der Waals surface area (Å²) in [5.74, 6) is 0. The van der Waals surface area contributed by atoms with E-state index in [0.717, 1.165) is 25.2 Å². The highest BCUT2D eigenvalue weighted by molar-refractivity contribution is 5.67. The number of pyridine rings is 1. The Morgan fingerprint density at radius 1 is 1.38 bits per heavy atom. The van der Waals surface area contributed by atoms with Gasteiger partial charge in [0.15, 0.2) is 0 Å². The van der Waals surface area contributed by atoms with Crippen LogP contribution in [-0.4, -0.2) is 41.7 Å². The average Bonchev–Trinajstić information content (AvgIpc) is 2.38. The number of aromatic nitrogens is 1. The van der Waals surface area contributed by atoms with Gasteiger partial charge in [-0.15, -0.1) is 0 Å². The Kier molecular flexibility index (Phi) is 6.62. The zero-order chi connectivity index (χ0) is 15.9. The zero-order valence-electron chi connectivity index (χ0n) is 13.8. The molecular formula is C16H27N3O2. The first-order valence-corrected chi connectivity index (χ1v) is 7.34. The van der Waals surface area contributed by atoms with Crippen LogP contribution in [0.25, 0.3) is 0 Å². The fourth-order valence-corrected chi connectivity index (χ4v) is 1.71. The van der Waals surface area contributed by atoms with Crippen molar-refractivity contribution in [1.82, 2.24) is 15.2 Å². The summed E-state index contributed by atoms with van der Waals surface area (Å²) in [7, 11) is 1.76. The minimum Gasteiger partial charge on any atom is -0.444 e. The largest absolute Gasteiger partial charge is 0.444 e. The molecule has 0 aliphatic rings. The van der Waals surface area contributed by atoms with Crippen LogP contribution in [0.4, 0.5) is 4.79 Å². The second-order valence-electron chi connectivity index (χ2n) is 6.24. The molecule has 0 saturated carbocycles. The van der Waals surface area contributed by atoms with Crippen molar-refractivity contribution in [2.24, 2.45) is 0 Å². The van der Waals surface area contributed by atoms with Crippen molar-refractivity contribution in [2.45, 2.75) is 46.3 Å². The summed E-state index contributed by atoms with van der Waals surface area (Å²) in [6.45, 7) is 9.91. The summed E-state index contributed by atoms with van der Waals surface area (Å²) in [5, 5.41) is 3.34. The summed E-state index contributed by atoms with van der Waals surface area (Å²) in [5.41, 5.74) is 1.75. The molecule has 0 aliphatic heterocycles. The Morgan fingerprint density at radius 3 is 2.67 bits per heavy atom. The third kappa shape index (κ3) is 7.66. The molecule has 0 bridgehead atoms. The summed E-state index contributed by atoms with van der Waals surface area (Å²) in [4.78, 5) is 17.6. The van der Waals surface area contributed by atoms with Gasteiger partial charge in [0, 0.05) is 32.0 Å². The molecule has 21 heavy (non-hydrogen) atoms. The first-order chi connectivity index (χ1) is 9.78. The van der Waals surface area contributed by atoms with E-state index in [1.165, 1.54) is 5.56 Å². The van der Waals surface area contributed by atoms with Crippen LogP contribution in [-0.2, 0) is 11.3 Å².